The maximum Gasteiger partial charge on any atom is 0.410 e. The van der Waals surface area contributed by atoms with E-state index in [0.717, 1.165) is 72.5 Å². The Hall–Kier alpha value is -7.37. The summed E-state index contributed by atoms with van der Waals surface area (Å²) in [5.74, 6) is 1.93. The van der Waals surface area contributed by atoms with Crippen LogP contribution in [-0.2, 0) is 31.2 Å². The summed E-state index contributed by atoms with van der Waals surface area (Å²) in [5.41, 5.74) is 5.21. The van der Waals surface area contributed by atoms with Crippen LogP contribution in [0.15, 0.2) is 72.3 Å². The van der Waals surface area contributed by atoms with E-state index in [0.29, 0.717) is 98.8 Å². The number of aromatic nitrogens is 7. The molecule has 2 unspecified atom stereocenters. The lowest BCUT2D eigenvalue weighted by Gasteiger charge is -2.48. The minimum atomic E-state index is -3.83. The largest absolute Gasteiger partial charge is 0.492 e. The lowest BCUT2D eigenvalue weighted by molar-refractivity contribution is -0.121. The Labute approximate surface area is 510 Å². The molecule has 0 saturated carbocycles. The molecule has 6 aromatic rings. The number of pyridine rings is 1. The molecule has 3 amide bonds. The van der Waals surface area contributed by atoms with Crippen molar-refractivity contribution < 1.29 is 36.7 Å². The molecule has 0 spiro atoms. The van der Waals surface area contributed by atoms with Crippen LogP contribution in [0.25, 0.3) is 10.9 Å². The van der Waals surface area contributed by atoms with Gasteiger partial charge >= 0.3 is 6.09 Å². The number of nitrogens with zero attached hydrogens (tertiary/aromatic N) is 12. The van der Waals surface area contributed by atoms with E-state index in [-0.39, 0.29) is 64.5 Å². The number of piperidine rings is 1. The molecule has 2 N–H and O–H groups in total. The molecule has 2 aromatic carbocycles. The molecule has 3 fully saturated rings. The van der Waals surface area contributed by atoms with Crippen molar-refractivity contribution in [2.45, 2.75) is 154 Å². The number of carbonyl (C=O) groups is 3. The van der Waals surface area contributed by atoms with Gasteiger partial charge in [-0.1, -0.05) is 26.0 Å². The van der Waals surface area contributed by atoms with Gasteiger partial charge in [-0.25, -0.2) is 37.5 Å². The summed E-state index contributed by atoms with van der Waals surface area (Å²) in [6.45, 7) is 28.2. The maximum atomic E-state index is 14.7. The van der Waals surface area contributed by atoms with Gasteiger partial charge in [-0.15, -0.1) is 0 Å². The molecule has 3 saturated heterocycles. The predicted octanol–water partition coefficient (Wildman–Crippen LogP) is 9.06. The number of carbonyl (C=O) groups excluding carboxylic acids is 3. The average Bonchev–Trinajstić information content (AvgIpc) is 1.91. The highest BCUT2D eigenvalue weighted by atomic mass is 32.2. The van der Waals surface area contributed by atoms with Crippen molar-refractivity contribution in [3.63, 3.8) is 0 Å². The van der Waals surface area contributed by atoms with Gasteiger partial charge in [-0.2, -0.15) is 5.10 Å². The van der Waals surface area contributed by atoms with Crippen LogP contribution in [0.3, 0.4) is 0 Å². The second-order valence-corrected chi connectivity index (χ2v) is 29.5. The van der Waals surface area contributed by atoms with E-state index < -0.39 is 20.2 Å². The quantitative estimate of drug-likeness (QED) is 0.0861. The number of sulfone groups is 1. The second-order valence-electron chi connectivity index (χ2n) is 26.8. The molecule has 4 aliphatic heterocycles. The van der Waals surface area contributed by atoms with Crippen LogP contribution >= 0.6 is 0 Å². The Kier molecular flexibility index (Phi) is 18.0. The molecule has 4 aromatic heterocycles. The van der Waals surface area contributed by atoms with Gasteiger partial charge < -0.3 is 34.4 Å². The molecule has 0 radical (unpaired) electrons. The minimum absolute atomic E-state index is 0.0330. The summed E-state index contributed by atoms with van der Waals surface area (Å²) >= 11 is 0. The summed E-state index contributed by atoms with van der Waals surface area (Å²) in [6, 6.07) is 11.3. The van der Waals surface area contributed by atoms with Crippen molar-refractivity contribution >= 4 is 61.9 Å². The first-order valence-corrected chi connectivity index (χ1v) is 31.9. The Morgan fingerprint density at radius 3 is 2.23 bits per heavy atom. The Morgan fingerprint density at radius 1 is 0.839 bits per heavy atom. The average molecular weight is 1210 g/mol. The number of aryl methyl sites for hydroxylation is 1. The third-order valence-corrected chi connectivity index (χ3v) is 20.1. The zero-order chi connectivity index (χ0) is 62.3. The number of rotatable bonds is 16. The molecule has 10 rings (SSSR count). The smallest absolute Gasteiger partial charge is 0.410 e. The Balaban J connectivity index is 0.728. The number of ether oxygens (including phenoxy) is 2. The number of nitrogens with one attached hydrogen (secondary N) is 2. The van der Waals surface area contributed by atoms with Crippen LogP contribution in [0.4, 0.5) is 32.5 Å². The van der Waals surface area contributed by atoms with Crippen molar-refractivity contribution in [3.8, 4) is 5.75 Å². The fourth-order valence-electron chi connectivity index (χ4n) is 12.3. The van der Waals surface area contributed by atoms with E-state index in [4.69, 9.17) is 24.4 Å². The SMILES string of the molecule is Cc1n[nH]c(Nc2ncnc3cc(OCCCC4CCN(c5ncc(C(=O)N6CCN(CC7CN(C(=O)OC(C)(C)C)C(C)CN7CC(=O)N7CC(C)(C)c8ncc(Cc9ccc(F)cc9)cc87)[C@H](C)C6)cn5)CC4)c(S(=O)(=O)C(C)(C)C)cc23)c1C. The highest BCUT2D eigenvalue weighted by Crippen LogP contribution is 2.41. The number of H-pyrrole nitrogens is 1. The van der Waals surface area contributed by atoms with Crippen molar-refractivity contribution in [3.05, 3.63) is 107 Å². The van der Waals surface area contributed by atoms with Gasteiger partial charge in [0.15, 0.2) is 9.84 Å². The van der Waals surface area contributed by atoms with Crippen LogP contribution in [0.5, 0.6) is 5.75 Å². The molecule has 87 heavy (non-hydrogen) atoms. The molecular formula is C64H85FN14O7S. The molecule has 0 aliphatic carbocycles. The molecule has 21 nitrogen and oxygen atoms in total. The first-order chi connectivity index (χ1) is 41.1. The van der Waals surface area contributed by atoms with Gasteiger partial charge in [-0.3, -0.25) is 29.5 Å². The van der Waals surface area contributed by atoms with Gasteiger partial charge in [-0.05, 0) is 143 Å². The van der Waals surface area contributed by atoms with Crippen molar-refractivity contribution in [1.29, 1.82) is 0 Å². The molecule has 466 valence electrons. The number of benzene rings is 2. The Morgan fingerprint density at radius 2 is 1.56 bits per heavy atom. The lowest BCUT2D eigenvalue weighted by Crippen LogP contribution is -2.65. The summed E-state index contributed by atoms with van der Waals surface area (Å²) in [6.07, 6.45) is 10.2. The van der Waals surface area contributed by atoms with E-state index in [9.17, 15) is 27.2 Å². The number of aromatic amines is 1. The standard InChI is InChI=1S/C64H85FN14O7S/c1-40-33-76(24-23-75(40)35-49-36-78(61(82)86-62(5,6)7)41(2)34-77(49)37-55(80)79-38-64(11,12)56-52(79)27-46(30-66-56)26-45-15-17-48(65)18-16-45)59(81)47-31-67-60(68-32-47)74-21-19-44(20-22-74)14-13-25-85-53-29-51-50(28-54(53)87(83,84)63(8,9)10)58(70-39-69-51)71-57-42(3)43(4)72-73-57/h15-18,27-32,39-41,44,49H,13-14,19-26,33-38H2,1-12H3,(H2,69,70,71,72,73)/t40-,41?,49?/m1/s1. The van der Waals surface area contributed by atoms with Gasteiger partial charge in [0.1, 0.15) is 40.0 Å². The summed E-state index contributed by atoms with van der Waals surface area (Å²) in [4.78, 5) is 78.0. The highest BCUT2D eigenvalue weighted by molar-refractivity contribution is 7.92. The molecule has 3 atom stereocenters. The van der Waals surface area contributed by atoms with E-state index in [2.05, 4.69) is 61.0 Å². The molecule has 4 aliphatic rings. The minimum Gasteiger partial charge on any atom is -0.492 e. The topological polar surface area (TPSA) is 228 Å². The monoisotopic (exact) mass is 1210 g/mol. The Bertz CT molecular complexity index is 3600. The zero-order valence-electron chi connectivity index (χ0n) is 52.5. The number of piperazine rings is 2. The van der Waals surface area contributed by atoms with Crippen LogP contribution in [-0.4, -0.2) is 182 Å². The number of hydrogen-bond acceptors (Lipinski definition) is 17. The number of fused-ring (bicyclic) bond motifs is 2. The van der Waals surface area contributed by atoms with Gasteiger partial charge in [0, 0.05) is 118 Å². The first-order valence-electron chi connectivity index (χ1n) is 30.5. The summed E-state index contributed by atoms with van der Waals surface area (Å²) in [7, 11) is -3.83. The predicted molar refractivity (Wildman–Crippen MR) is 333 cm³/mol. The van der Waals surface area contributed by atoms with Crippen molar-refractivity contribution in [2.24, 2.45) is 5.92 Å². The third-order valence-electron chi connectivity index (χ3n) is 17.5. The van der Waals surface area contributed by atoms with Crippen LogP contribution < -0.4 is 19.9 Å². The van der Waals surface area contributed by atoms with Gasteiger partial charge in [0.05, 0.1) is 46.1 Å². The van der Waals surface area contributed by atoms with E-state index in [1.54, 1.807) is 62.3 Å². The first kappa shape index (κ1) is 62.7. The van der Waals surface area contributed by atoms with Crippen LogP contribution in [0.2, 0.25) is 0 Å². The van der Waals surface area contributed by atoms with Gasteiger partial charge in [0.25, 0.3) is 5.91 Å². The molecule has 23 heteroatoms. The number of amides is 3. The number of halogens is 1. The molecule has 0 bridgehead atoms. The van der Waals surface area contributed by atoms with Gasteiger partial charge in [0.2, 0.25) is 11.9 Å². The summed E-state index contributed by atoms with van der Waals surface area (Å²) < 4.78 is 52.9. The fourth-order valence-corrected chi connectivity index (χ4v) is 13.6. The van der Waals surface area contributed by atoms with Crippen LogP contribution in [0, 0.1) is 25.6 Å². The van der Waals surface area contributed by atoms with E-state index >= 15 is 0 Å². The number of hydrogen-bond donors (Lipinski definition) is 2. The highest BCUT2D eigenvalue weighted by Gasteiger charge is 2.44. The van der Waals surface area contributed by atoms with Crippen molar-refractivity contribution in [1.82, 2.24) is 54.7 Å². The second kappa shape index (κ2) is 25.0. The number of anilines is 4. The zero-order valence-corrected chi connectivity index (χ0v) is 53.3. The van der Waals surface area contributed by atoms with E-state index in [1.165, 1.54) is 18.5 Å². The third kappa shape index (κ3) is 14.0. The normalized spacial score (nSPS) is 19.8. The fraction of sp³-hybridized carbons (Fsp3) is 0.547. The van der Waals surface area contributed by atoms with Crippen molar-refractivity contribution in [2.75, 3.05) is 87.2 Å². The summed E-state index contributed by atoms with van der Waals surface area (Å²) in [5, 5.41) is 11.1. The maximum absolute atomic E-state index is 14.7. The molecular weight excluding hydrogens is 1130 g/mol. The van der Waals surface area contributed by atoms with E-state index in [1.807, 2.05) is 63.6 Å². The molecule has 8 heterocycles. The van der Waals surface area contributed by atoms with Crippen LogP contribution in [0.1, 0.15) is 133 Å². The lowest BCUT2D eigenvalue weighted by atomic mass is 9.91.